The van der Waals surface area contributed by atoms with E-state index in [-0.39, 0.29) is 6.54 Å². The molecule has 0 aliphatic carbocycles. The molecule has 0 aliphatic rings. The molecule has 90 valence electrons. The molecule has 0 aromatic heterocycles. The van der Waals surface area contributed by atoms with Crippen LogP contribution in [0.15, 0.2) is 4.99 Å². The van der Waals surface area contributed by atoms with E-state index < -0.39 is 37.5 Å². The van der Waals surface area contributed by atoms with Crippen LogP contribution in [-0.2, 0) is 14.4 Å². The minimum absolute atomic E-state index is 0.0219. The number of hydrogen-bond acceptors (Lipinski definition) is 5. The molecular weight excluding hydrogens is 220 g/mol. The zero-order valence-corrected chi connectivity index (χ0v) is 8.37. The maximum atomic E-state index is 10.4. The van der Waals surface area contributed by atoms with Crippen LogP contribution in [0.2, 0.25) is 0 Å². The highest BCUT2D eigenvalue weighted by Gasteiger charge is 2.11. The SMILES string of the molecule is O=C(O)CN=CCN(CC(=O)O)CC(=O)O. The molecule has 0 rings (SSSR count). The highest BCUT2D eigenvalue weighted by Crippen LogP contribution is 1.86. The summed E-state index contributed by atoms with van der Waals surface area (Å²) in [5.74, 6) is -3.43. The molecule has 0 unspecified atom stereocenters. The molecule has 0 heterocycles. The molecule has 0 aromatic carbocycles. The Bertz CT molecular complexity index is 285. The third-order valence-electron chi connectivity index (χ3n) is 1.41. The highest BCUT2D eigenvalue weighted by atomic mass is 16.4. The molecule has 8 heteroatoms. The van der Waals surface area contributed by atoms with Crippen molar-refractivity contribution in [2.75, 3.05) is 26.2 Å². The van der Waals surface area contributed by atoms with E-state index in [1.165, 1.54) is 6.21 Å². The predicted octanol–water partition coefficient (Wildman–Crippen LogP) is -1.39. The first kappa shape index (κ1) is 14.0. The quantitative estimate of drug-likeness (QED) is 0.439. The van der Waals surface area contributed by atoms with Gasteiger partial charge in [-0.05, 0) is 0 Å². The number of rotatable bonds is 8. The monoisotopic (exact) mass is 232 g/mol. The number of carbonyl (C=O) groups is 3. The van der Waals surface area contributed by atoms with Crippen molar-refractivity contribution in [3.63, 3.8) is 0 Å². The standard InChI is InChI=1S/C8H12N2O6/c11-6(12)3-9-1-2-10(4-7(13)14)5-8(15)16/h1H,2-5H2,(H,11,12)(H,13,14)(H,15,16). The van der Waals surface area contributed by atoms with Gasteiger partial charge in [0, 0.05) is 12.8 Å². The first-order valence-corrected chi connectivity index (χ1v) is 4.28. The fourth-order valence-electron chi connectivity index (χ4n) is 0.883. The maximum Gasteiger partial charge on any atom is 0.325 e. The first-order valence-electron chi connectivity index (χ1n) is 4.28. The Kier molecular flexibility index (Phi) is 6.45. The second-order valence-electron chi connectivity index (χ2n) is 2.87. The van der Waals surface area contributed by atoms with Crippen LogP contribution in [0.25, 0.3) is 0 Å². The van der Waals surface area contributed by atoms with Crippen LogP contribution in [0.5, 0.6) is 0 Å². The maximum absolute atomic E-state index is 10.4. The minimum atomic E-state index is -1.16. The molecule has 0 spiro atoms. The molecular formula is C8H12N2O6. The highest BCUT2D eigenvalue weighted by molar-refractivity contribution is 5.75. The molecule has 0 amide bonds. The molecule has 0 saturated carbocycles. The first-order chi connectivity index (χ1) is 7.41. The molecule has 0 fully saturated rings. The fourth-order valence-corrected chi connectivity index (χ4v) is 0.883. The summed E-state index contributed by atoms with van der Waals surface area (Å²) in [5, 5.41) is 25.2. The van der Waals surface area contributed by atoms with Gasteiger partial charge in [-0.3, -0.25) is 24.3 Å². The topological polar surface area (TPSA) is 128 Å². The van der Waals surface area contributed by atoms with Crippen molar-refractivity contribution in [3.05, 3.63) is 0 Å². The number of aliphatic imine (C=N–C) groups is 1. The Balaban J connectivity index is 4.09. The Hall–Kier alpha value is -1.96. The largest absolute Gasteiger partial charge is 0.480 e. The van der Waals surface area contributed by atoms with Crippen molar-refractivity contribution in [1.29, 1.82) is 0 Å². The Morgan fingerprint density at radius 2 is 1.50 bits per heavy atom. The Morgan fingerprint density at radius 1 is 1.00 bits per heavy atom. The third-order valence-corrected chi connectivity index (χ3v) is 1.41. The summed E-state index contributed by atoms with van der Waals surface area (Å²) < 4.78 is 0. The molecule has 0 atom stereocenters. The van der Waals surface area contributed by atoms with E-state index in [2.05, 4.69) is 4.99 Å². The van der Waals surface area contributed by atoms with Crippen LogP contribution in [0, 0.1) is 0 Å². The summed E-state index contributed by atoms with van der Waals surface area (Å²) in [5.41, 5.74) is 0. The van der Waals surface area contributed by atoms with Gasteiger partial charge >= 0.3 is 17.9 Å². The van der Waals surface area contributed by atoms with E-state index in [1.54, 1.807) is 0 Å². The van der Waals surface area contributed by atoms with E-state index in [4.69, 9.17) is 15.3 Å². The Morgan fingerprint density at radius 3 is 1.88 bits per heavy atom. The lowest BCUT2D eigenvalue weighted by Crippen LogP contribution is -2.35. The zero-order valence-electron chi connectivity index (χ0n) is 8.37. The van der Waals surface area contributed by atoms with Crippen molar-refractivity contribution in [2.45, 2.75) is 0 Å². The van der Waals surface area contributed by atoms with Gasteiger partial charge < -0.3 is 15.3 Å². The summed E-state index contributed by atoms with van der Waals surface area (Å²) >= 11 is 0. The molecule has 0 radical (unpaired) electrons. The molecule has 3 N–H and O–H groups in total. The molecule has 16 heavy (non-hydrogen) atoms. The van der Waals surface area contributed by atoms with Crippen molar-refractivity contribution in [1.82, 2.24) is 4.90 Å². The van der Waals surface area contributed by atoms with Crippen molar-refractivity contribution < 1.29 is 29.7 Å². The number of hydrogen-bond donors (Lipinski definition) is 3. The summed E-state index contributed by atoms with van der Waals surface area (Å²) in [4.78, 5) is 35.4. The third kappa shape index (κ3) is 8.63. The summed E-state index contributed by atoms with van der Waals surface area (Å²) in [6, 6.07) is 0. The smallest absolute Gasteiger partial charge is 0.325 e. The predicted molar refractivity (Wildman–Crippen MR) is 52.7 cm³/mol. The van der Waals surface area contributed by atoms with Crippen molar-refractivity contribution >= 4 is 24.1 Å². The van der Waals surface area contributed by atoms with Crippen LogP contribution >= 0.6 is 0 Å². The van der Waals surface area contributed by atoms with Gasteiger partial charge in [-0.15, -0.1) is 0 Å². The minimum Gasteiger partial charge on any atom is -0.480 e. The van der Waals surface area contributed by atoms with Gasteiger partial charge in [0.05, 0.1) is 13.1 Å². The van der Waals surface area contributed by atoms with Gasteiger partial charge in [-0.1, -0.05) is 0 Å². The second-order valence-corrected chi connectivity index (χ2v) is 2.87. The lowest BCUT2D eigenvalue weighted by atomic mass is 10.4. The summed E-state index contributed by atoms with van der Waals surface area (Å²) in [6.45, 7) is -1.32. The van der Waals surface area contributed by atoms with Gasteiger partial charge in [0.2, 0.25) is 0 Å². The van der Waals surface area contributed by atoms with Crippen LogP contribution in [0.1, 0.15) is 0 Å². The van der Waals surface area contributed by atoms with Crippen molar-refractivity contribution in [2.24, 2.45) is 4.99 Å². The summed E-state index contributed by atoms with van der Waals surface area (Å²) in [6.07, 6.45) is 1.18. The van der Waals surface area contributed by atoms with Gasteiger partial charge in [-0.25, -0.2) is 0 Å². The van der Waals surface area contributed by atoms with E-state index in [9.17, 15) is 14.4 Å². The summed E-state index contributed by atoms with van der Waals surface area (Å²) in [7, 11) is 0. The van der Waals surface area contributed by atoms with Gasteiger partial charge in [-0.2, -0.15) is 0 Å². The fraction of sp³-hybridized carbons (Fsp3) is 0.500. The number of carboxylic acids is 3. The van der Waals surface area contributed by atoms with E-state index >= 15 is 0 Å². The number of aliphatic carboxylic acids is 3. The van der Waals surface area contributed by atoms with Gasteiger partial charge in [0.1, 0.15) is 6.54 Å². The average molecular weight is 232 g/mol. The van der Waals surface area contributed by atoms with Crippen molar-refractivity contribution in [3.8, 4) is 0 Å². The van der Waals surface area contributed by atoms with Crippen LogP contribution in [0.4, 0.5) is 0 Å². The van der Waals surface area contributed by atoms with Gasteiger partial charge in [0.25, 0.3) is 0 Å². The van der Waals surface area contributed by atoms with Crippen LogP contribution in [0.3, 0.4) is 0 Å². The molecule has 0 bridgehead atoms. The lowest BCUT2D eigenvalue weighted by Gasteiger charge is -2.14. The molecule has 0 aromatic rings. The van der Waals surface area contributed by atoms with E-state index in [0.29, 0.717) is 0 Å². The van der Waals surface area contributed by atoms with Crippen LogP contribution in [-0.4, -0.2) is 70.5 Å². The number of nitrogens with zero attached hydrogens (tertiary/aromatic N) is 2. The van der Waals surface area contributed by atoms with E-state index in [1.807, 2.05) is 0 Å². The zero-order chi connectivity index (χ0) is 12.6. The van der Waals surface area contributed by atoms with Crippen LogP contribution < -0.4 is 0 Å². The average Bonchev–Trinajstić information content (AvgIpc) is 2.09. The van der Waals surface area contributed by atoms with E-state index in [0.717, 1.165) is 4.90 Å². The molecule has 0 aliphatic heterocycles. The molecule has 0 saturated heterocycles. The number of carboxylic acid groups (broad SMARTS) is 3. The normalized spacial score (nSPS) is 10.8. The second kappa shape index (κ2) is 7.35. The molecule has 8 nitrogen and oxygen atoms in total. The Labute approximate surface area is 90.8 Å². The van der Waals surface area contributed by atoms with Gasteiger partial charge in [0.15, 0.2) is 0 Å². The lowest BCUT2D eigenvalue weighted by molar-refractivity contribution is -0.141.